The van der Waals surface area contributed by atoms with Gasteiger partial charge in [-0.25, -0.2) is 4.98 Å². The minimum Gasteiger partial charge on any atom is -0.346 e. The van der Waals surface area contributed by atoms with Crippen LogP contribution in [0, 0.1) is 6.92 Å². The molecule has 1 fully saturated rings. The molecule has 1 saturated heterocycles. The molecule has 2 aromatic rings. The van der Waals surface area contributed by atoms with E-state index < -0.39 is 0 Å². The highest BCUT2D eigenvalue weighted by Gasteiger charge is 2.19. The third-order valence-electron chi connectivity index (χ3n) is 3.68. The Labute approximate surface area is 128 Å². The third-order valence-corrected chi connectivity index (χ3v) is 4.96. The van der Waals surface area contributed by atoms with Crippen LogP contribution in [0.4, 0.5) is 5.13 Å². The van der Waals surface area contributed by atoms with Crippen molar-refractivity contribution in [2.75, 3.05) is 38.1 Å². The molecule has 0 bridgehead atoms. The van der Waals surface area contributed by atoms with Gasteiger partial charge in [-0.3, -0.25) is 0 Å². The average molecular weight is 308 g/mol. The van der Waals surface area contributed by atoms with Crippen LogP contribution in [-0.4, -0.2) is 43.1 Å². The lowest BCUT2D eigenvalue weighted by Gasteiger charge is -2.32. The fourth-order valence-electron chi connectivity index (χ4n) is 2.39. The van der Waals surface area contributed by atoms with Gasteiger partial charge in [-0.05, 0) is 26.1 Å². The highest BCUT2D eigenvalue weighted by Crippen LogP contribution is 2.33. The van der Waals surface area contributed by atoms with E-state index in [0.29, 0.717) is 0 Å². The SMILES string of the molecule is Cc1sc(N2CCN(C)CC2)nc1-c1ccc(Cl)cc1. The van der Waals surface area contributed by atoms with Crippen LogP contribution in [0.3, 0.4) is 0 Å². The quantitative estimate of drug-likeness (QED) is 0.846. The largest absolute Gasteiger partial charge is 0.346 e. The molecule has 1 aromatic heterocycles. The van der Waals surface area contributed by atoms with Gasteiger partial charge in [-0.1, -0.05) is 23.7 Å². The molecule has 0 atom stereocenters. The molecule has 1 aromatic carbocycles. The van der Waals surface area contributed by atoms with E-state index in [9.17, 15) is 0 Å². The second-order valence-electron chi connectivity index (χ2n) is 5.20. The van der Waals surface area contributed by atoms with E-state index in [1.54, 1.807) is 11.3 Å². The molecule has 1 aliphatic rings. The molecule has 2 heterocycles. The minimum atomic E-state index is 0.765. The molecular weight excluding hydrogens is 290 g/mol. The number of halogens is 1. The van der Waals surface area contributed by atoms with Crippen molar-refractivity contribution < 1.29 is 0 Å². The van der Waals surface area contributed by atoms with E-state index in [4.69, 9.17) is 16.6 Å². The lowest BCUT2D eigenvalue weighted by atomic mass is 10.1. The van der Waals surface area contributed by atoms with Crippen LogP contribution >= 0.6 is 22.9 Å². The zero-order valence-electron chi connectivity index (χ0n) is 11.8. The van der Waals surface area contributed by atoms with Crippen LogP contribution in [0.1, 0.15) is 4.88 Å². The lowest BCUT2D eigenvalue weighted by Crippen LogP contribution is -2.44. The Morgan fingerprint density at radius 2 is 1.75 bits per heavy atom. The van der Waals surface area contributed by atoms with Crippen molar-refractivity contribution in [2.24, 2.45) is 0 Å². The maximum absolute atomic E-state index is 5.95. The summed E-state index contributed by atoms with van der Waals surface area (Å²) in [7, 11) is 2.17. The Bertz CT molecular complexity index is 586. The summed E-state index contributed by atoms with van der Waals surface area (Å²) in [6.07, 6.45) is 0. The van der Waals surface area contributed by atoms with E-state index in [1.807, 2.05) is 24.3 Å². The molecule has 20 heavy (non-hydrogen) atoms. The number of rotatable bonds is 2. The average Bonchev–Trinajstić information content (AvgIpc) is 2.82. The molecule has 3 nitrogen and oxygen atoms in total. The van der Waals surface area contributed by atoms with E-state index >= 15 is 0 Å². The van der Waals surface area contributed by atoms with Crippen LogP contribution in [0.5, 0.6) is 0 Å². The first-order valence-corrected chi connectivity index (χ1v) is 8.00. The van der Waals surface area contributed by atoms with Gasteiger partial charge in [0.1, 0.15) is 0 Å². The Morgan fingerprint density at radius 1 is 1.10 bits per heavy atom. The lowest BCUT2D eigenvalue weighted by molar-refractivity contribution is 0.313. The summed E-state index contributed by atoms with van der Waals surface area (Å²) in [6.45, 7) is 6.47. The Balaban J connectivity index is 1.85. The molecule has 0 spiro atoms. The molecule has 0 N–H and O–H groups in total. The second-order valence-corrected chi connectivity index (χ2v) is 6.82. The zero-order valence-corrected chi connectivity index (χ0v) is 13.3. The molecule has 0 radical (unpaired) electrons. The van der Waals surface area contributed by atoms with Crippen molar-refractivity contribution in [1.29, 1.82) is 0 Å². The number of anilines is 1. The number of aromatic nitrogens is 1. The van der Waals surface area contributed by atoms with Gasteiger partial charge in [0.2, 0.25) is 0 Å². The van der Waals surface area contributed by atoms with Crippen LogP contribution in [-0.2, 0) is 0 Å². The molecule has 0 aliphatic carbocycles. The fraction of sp³-hybridized carbons (Fsp3) is 0.400. The summed E-state index contributed by atoms with van der Waals surface area (Å²) >= 11 is 7.73. The zero-order chi connectivity index (χ0) is 14.1. The van der Waals surface area contributed by atoms with Crippen molar-refractivity contribution in [3.63, 3.8) is 0 Å². The molecule has 0 unspecified atom stereocenters. The number of hydrogen-bond acceptors (Lipinski definition) is 4. The van der Waals surface area contributed by atoms with Gasteiger partial charge in [-0.2, -0.15) is 0 Å². The van der Waals surface area contributed by atoms with E-state index in [2.05, 4.69) is 23.8 Å². The van der Waals surface area contributed by atoms with Gasteiger partial charge in [0.25, 0.3) is 0 Å². The molecule has 1 aliphatic heterocycles. The number of hydrogen-bond donors (Lipinski definition) is 0. The molecule has 106 valence electrons. The Morgan fingerprint density at radius 3 is 2.40 bits per heavy atom. The molecule has 3 rings (SSSR count). The maximum Gasteiger partial charge on any atom is 0.186 e. The Hall–Kier alpha value is -1.10. The normalized spacial score (nSPS) is 16.6. The summed E-state index contributed by atoms with van der Waals surface area (Å²) in [5, 5.41) is 1.90. The van der Waals surface area contributed by atoms with Crippen LogP contribution in [0.15, 0.2) is 24.3 Å². The number of likely N-dealkylation sites (N-methyl/N-ethyl adjacent to an activating group) is 1. The highest BCUT2D eigenvalue weighted by molar-refractivity contribution is 7.16. The van der Waals surface area contributed by atoms with Crippen LogP contribution in [0.25, 0.3) is 11.3 Å². The summed E-state index contributed by atoms with van der Waals surface area (Å²) in [6, 6.07) is 7.92. The smallest absolute Gasteiger partial charge is 0.186 e. The van der Waals surface area contributed by atoms with Crippen molar-refractivity contribution >= 4 is 28.1 Å². The number of thiazole rings is 1. The topological polar surface area (TPSA) is 19.4 Å². The summed E-state index contributed by atoms with van der Waals surface area (Å²) in [4.78, 5) is 10.9. The standard InChI is InChI=1S/C15H18ClN3S/c1-11-14(12-3-5-13(16)6-4-12)17-15(20-11)19-9-7-18(2)8-10-19/h3-6H,7-10H2,1-2H3. The van der Waals surface area contributed by atoms with Gasteiger partial charge in [-0.15, -0.1) is 11.3 Å². The monoisotopic (exact) mass is 307 g/mol. The number of piperazine rings is 1. The van der Waals surface area contributed by atoms with E-state index in [1.165, 1.54) is 4.88 Å². The third kappa shape index (κ3) is 2.82. The molecule has 0 saturated carbocycles. The number of nitrogens with zero attached hydrogens (tertiary/aromatic N) is 3. The first-order valence-electron chi connectivity index (χ1n) is 6.80. The number of benzene rings is 1. The van der Waals surface area contributed by atoms with Gasteiger partial charge >= 0.3 is 0 Å². The van der Waals surface area contributed by atoms with Crippen molar-refractivity contribution in [3.8, 4) is 11.3 Å². The predicted molar refractivity (Wildman–Crippen MR) is 87.0 cm³/mol. The predicted octanol–water partition coefficient (Wildman–Crippen LogP) is 3.52. The Kier molecular flexibility index (Phi) is 3.96. The highest BCUT2D eigenvalue weighted by atomic mass is 35.5. The van der Waals surface area contributed by atoms with Crippen molar-refractivity contribution in [1.82, 2.24) is 9.88 Å². The van der Waals surface area contributed by atoms with Crippen LogP contribution in [0.2, 0.25) is 5.02 Å². The first-order chi connectivity index (χ1) is 9.63. The summed E-state index contributed by atoms with van der Waals surface area (Å²) in [5.74, 6) is 0. The van der Waals surface area contributed by atoms with Gasteiger partial charge in [0.05, 0.1) is 5.69 Å². The van der Waals surface area contributed by atoms with E-state index in [0.717, 1.165) is 47.6 Å². The van der Waals surface area contributed by atoms with Gasteiger partial charge in [0.15, 0.2) is 5.13 Å². The maximum atomic E-state index is 5.95. The fourth-order valence-corrected chi connectivity index (χ4v) is 3.50. The van der Waals surface area contributed by atoms with Gasteiger partial charge in [0, 0.05) is 41.6 Å². The van der Waals surface area contributed by atoms with Crippen molar-refractivity contribution in [2.45, 2.75) is 6.92 Å². The second kappa shape index (κ2) is 5.72. The summed E-state index contributed by atoms with van der Waals surface area (Å²) in [5.41, 5.74) is 2.23. The van der Waals surface area contributed by atoms with E-state index in [-0.39, 0.29) is 0 Å². The van der Waals surface area contributed by atoms with Gasteiger partial charge < -0.3 is 9.80 Å². The van der Waals surface area contributed by atoms with Crippen LogP contribution < -0.4 is 4.90 Å². The summed E-state index contributed by atoms with van der Waals surface area (Å²) < 4.78 is 0. The molecular formula is C15H18ClN3S. The number of aryl methyl sites for hydroxylation is 1. The van der Waals surface area contributed by atoms with Crippen molar-refractivity contribution in [3.05, 3.63) is 34.2 Å². The first kappa shape index (κ1) is 13.9. The molecule has 5 heteroatoms. The minimum absolute atomic E-state index is 0.765. The molecule has 0 amide bonds.